The summed E-state index contributed by atoms with van der Waals surface area (Å²) < 4.78 is 0. The van der Waals surface area contributed by atoms with E-state index in [1.165, 1.54) is 5.56 Å². The van der Waals surface area contributed by atoms with E-state index in [1.807, 2.05) is 24.3 Å². The van der Waals surface area contributed by atoms with Crippen molar-refractivity contribution < 1.29 is 4.79 Å². The van der Waals surface area contributed by atoms with Gasteiger partial charge in [0, 0.05) is 17.9 Å². The fraction of sp³-hybridized carbons (Fsp3) is 0.417. The summed E-state index contributed by atoms with van der Waals surface area (Å²) in [6.45, 7) is 4.87. The monoisotopic (exact) mass is 223 g/mol. The van der Waals surface area contributed by atoms with Gasteiger partial charge >= 0.3 is 0 Å². The molecule has 0 bridgehead atoms. The number of rotatable bonds is 4. The fourth-order valence-electron chi connectivity index (χ4n) is 1.29. The maximum Gasteiger partial charge on any atom is 0.251 e. The van der Waals surface area contributed by atoms with Crippen molar-refractivity contribution in [2.24, 2.45) is 0 Å². The quantitative estimate of drug-likeness (QED) is 0.754. The zero-order chi connectivity index (χ0) is 11.3. The molecule has 0 aliphatic carbocycles. The topological polar surface area (TPSA) is 29.1 Å². The molecular formula is C12H17NOS. The lowest BCUT2D eigenvalue weighted by Gasteiger charge is -2.07. The predicted octanol–water partition coefficient (Wildman–Crippen LogP) is 2.47. The normalized spacial score (nSPS) is 10.4. The highest BCUT2D eigenvalue weighted by molar-refractivity contribution is 7.80. The van der Waals surface area contributed by atoms with E-state index >= 15 is 0 Å². The Morgan fingerprint density at radius 3 is 2.40 bits per heavy atom. The second-order valence-electron chi connectivity index (χ2n) is 3.76. The molecule has 0 aromatic heterocycles. The van der Waals surface area contributed by atoms with Crippen LogP contribution in [0.3, 0.4) is 0 Å². The van der Waals surface area contributed by atoms with E-state index in [1.54, 1.807) is 0 Å². The van der Waals surface area contributed by atoms with E-state index in [2.05, 4.69) is 31.8 Å². The van der Waals surface area contributed by atoms with Crippen LogP contribution >= 0.6 is 12.6 Å². The van der Waals surface area contributed by atoms with Gasteiger partial charge in [0.1, 0.15) is 0 Å². The average Bonchev–Trinajstić information content (AvgIpc) is 2.26. The number of nitrogens with one attached hydrogen (secondary N) is 1. The molecule has 0 saturated carbocycles. The van der Waals surface area contributed by atoms with Crippen molar-refractivity contribution in [3.05, 3.63) is 35.4 Å². The Kier molecular flexibility index (Phi) is 4.69. The highest BCUT2D eigenvalue weighted by Gasteiger charge is 2.04. The molecule has 0 radical (unpaired) electrons. The summed E-state index contributed by atoms with van der Waals surface area (Å²) in [5.41, 5.74) is 1.96. The van der Waals surface area contributed by atoms with Gasteiger partial charge < -0.3 is 5.32 Å². The third-order valence-corrected chi connectivity index (χ3v) is 2.46. The van der Waals surface area contributed by atoms with Gasteiger partial charge in [0.25, 0.3) is 5.91 Å². The van der Waals surface area contributed by atoms with E-state index in [0.29, 0.717) is 23.8 Å². The molecule has 0 aliphatic heterocycles. The highest BCUT2D eigenvalue weighted by atomic mass is 32.1. The summed E-state index contributed by atoms with van der Waals surface area (Å²) in [6.07, 6.45) is 0. The van der Waals surface area contributed by atoms with Gasteiger partial charge in [-0.3, -0.25) is 4.79 Å². The fourth-order valence-corrected chi connectivity index (χ4v) is 1.40. The SMILES string of the molecule is CC(C)c1ccc(C(=O)NCCS)cc1. The van der Waals surface area contributed by atoms with Crippen LogP contribution in [0.5, 0.6) is 0 Å². The first-order valence-electron chi connectivity index (χ1n) is 5.14. The highest BCUT2D eigenvalue weighted by Crippen LogP contribution is 2.14. The Hall–Kier alpha value is -0.960. The molecule has 1 aromatic carbocycles. The summed E-state index contributed by atoms with van der Waals surface area (Å²) in [7, 11) is 0. The number of amides is 1. The van der Waals surface area contributed by atoms with E-state index in [9.17, 15) is 4.79 Å². The molecule has 0 aliphatic rings. The van der Waals surface area contributed by atoms with Crippen LogP contribution in [0.2, 0.25) is 0 Å². The van der Waals surface area contributed by atoms with E-state index in [4.69, 9.17) is 0 Å². The molecule has 82 valence electrons. The zero-order valence-corrected chi connectivity index (χ0v) is 10.1. The Morgan fingerprint density at radius 2 is 1.93 bits per heavy atom. The molecule has 2 nitrogen and oxygen atoms in total. The number of thiol groups is 1. The minimum Gasteiger partial charge on any atom is -0.351 e. The van der Waals surface area contributed by atoms with Crippen molar-refractivity contribution in [2.45, 2.75) is 19.8 Å². The summed E-state index contributed by atoms with van der Waals surface area (Å²) in [5.74, 6) is 1.13. The van der Waals surface area contributed by atoms with Crippen molar-refractivity contribution in [3.8, 4) is 0 Å². The molecule has 0 fully saturated rings. The number of hydrogen-bond donors (Lipinski definition) is 2. The van der Waals surface area contributed by atoms with Gasteiger partial charge in [-0.2, -0.15) is 12.6 Å². The van der Waals surface area contributed by atoms with Gasteiger partial charge in [-0.15, -0.1) is 0 Å². The lowest BCUT2D eigenvalue weighted by molar-refractivity contribution is 0.0956. The Balaban J connectivity index is 2.67. The van der Waals surface area contributed by atoms with Crippen LogP contribution in [0.15, 0.2) is 24.3 Å². The van der Waals surface area contributed by atoms with Crippen molar-refractivity contribution in [3.63, 3.8) is 0 Å². The van der Waals surface area contributed by atoms with Crippen LogP contribution in [0.4, 0.5) is 0 Å². The Bertz CT molecular complexity index is 319. The largest absolute Gasteiger partial charge is 0.351 e. The van der Waals surface area contributed by atoms with Crippen LogP contribution in [0.1, 0.15) is 35.7 Å². The van der Waals surface area contributed by atoms with Crippen LogP contribution in [-0.2, 0) is 0 Å². The standard InChI is InChI=1S/C12H17NOS/c1-9(2)10-3-5-11(6-4-10)12(14)13-7-8-15/h3-6,9,15H,7-8H2,1-2H3,(H,13,14). The summed E-state index contributed by atoms with van der Waals surface area (Å²) in [6, 6.07) is 7.73. The molecule has 1 rings (SSSR count). The molecular weight excluding hydrogens is 206 g/mol. The van der Waals surface area contributed by atoms with Crippen LogP contribution in [0.25, 0.3) is 0 Å². The molecule has 3 heteroatoms. The van der Waals surface area contributed by atoms with Crippen LogP contribution in [0, 0.1) is 0 Å². The van der Waals surface area contributed by atoms with Crippen LogP contribution < -0.4 is 5.32 Å². The van der Waals surface area contributed by atoms with Crippen molar-refractivity contribution in [2.75, 3.05) is 12.3 Å². The number of carbonyl (C=O) groups excluding carboxylic acids is 1. The van der Waals surface area contributed by atoms with Crippen molar-refractivity contribution in [1.82, 2.24) is 5.32 Å². The molecule has 0 saturated heterocycles. The zero-order valence-electron chi connectivity index (χ0n) is 9.16. The minimum atomic E-state index is -0.0284. The van der Waals surface area contributed by atoms with Gasteiger partial charge in [0.2, 0.25) is 0 Å². The van der Waals surface area contributed by atoms with E-state index in [-0.39, 0.29) is 5.91 Å². The molecule has 0 unspecified atom stereocenters. The minimum absolute atomic E-state index is 0.0284. The Morgan fingerprint density at radius 1 is 1.33 bits per heavy atom. The first-order valence-corrected chi connectivity index (χ1v) is 5.77. The van der Waals surface area contributed by atoms with Gasteiger partial charge in [0.05, 0.1) is 0 Å². The Labute approximate surface area is 96.5 Å². The molecule has 0 atom stereocenters. The lowest BCUT2D eigenvalue weighted by atomic mass is 10.0. The molecule has 1 N–H and O–H groups in total. The van der Waals surface area contributed by atoms with Gasteiger partial charge in [-0.05, 0) is 23.6 Å². The predicted molar refractivity (Wildman–Crippen MR) is 66.7 cm³/mol. The molecule has 15 heavy (non-hydrogen) atoms. The first-order chi connectivity index (χ1) is 7.15. The molecule has 0 heterocycles. The number of benzene rings is 1. The second kappa shape index (κ2) is 5.81. The molecule has 1 aromatic rings. The van der Waals surface area contributed by atoms with Crippen molar-refractivity contribution >= 4 is 18.5 Å². The number of hydrogen-bond acceptors (Lipinski definition) is 2. The second-order valence-corrected chi connectivity index (χ2v) is 4.20. The summed E-state index contributed by atoms with van der Waals surface area (Å²) in [4.78, 5) is 11.5. The molecule has 0 spiro atoms. The average molecular weight is 223 g/mol. The van der Waals surface area contributed by atoms with Gasteiger partial charge in [-0.25, -0.2) is 0 Å². The van der Waals surface area contributed by atoms with Crippen molar-refractivity contribution in [1.29, 1.82) is 0 Å². The third kappa shape index (κ3) is 3.59. The van der Waals surface area contributed by atoms with E-state index in [0.717, 1.165) is 0 Å². The van der Waals surface area contributed by atoms with Gasteiger partial charge in [-0.1, -0.05) is 26.0 Å². The van der Waals surface area contributed by atoms with Gasteiger partial charge in [0.15, 0.2) is 0 Å². The third-order valence-electron chi connectivity index (χ3n) is 2.24. The first kappa shape index (κ1) is 12.1. The molecule has 1 amide bonds. The maximum absolute atomic E-state index is 11.5. The maximum atomic E-state index is 11.5. The summed E-state index contributed by atoms with van der Waals surface area (Å²) in [5, 5.41) is 2.78. The summed E-state index contributed by atoms with van der Waals surface area (Å²) >= 11 is 4.04. The van der Waals surface area contributed by atoms with Crippen LogP contribution in [-0.4, -0.2) is 18.2 Å². The van der Waals surface area contributed by atoms with E-state index < -0.39 is 0 Å². The number of carbonyl (C=O) groups is 1. The smallest absolute Gasteiger partial charge is 0.251 e. The lowest BCUT2D eigenvalue weighted by Crippen LogP contribution is -2.25.